The highest BCUT2D eigenvalue weighted by Crippen LogP contribution is 2.44. The highest BCUT2D eigenvalue weighted by Gasteiger charge is 2.28. The number of hydrogen-bond acceptors (Lipinski definition) is 6. The van der Waals surface area contributed by atoms with Crippen LogP contribution in [0.5, 0.6) is 0 Å². The zero-order valence-electron chi connectivity index (χ0n) is 17.1. The molecule has 0 saturated carbocycles. The smallest absolute Gasteiger partial charge is 0.407 e. The van der Waals surface area contributed by atoms with Gasteiger partial charge in [0.05, 0.1) is 10.5 Å². The van der Waals surface area contributed by atoms with Crippen molar-refractivity contribution in [3.63, 3.8) is 0 Å². The number of carbonyl (C=O) groups is 1. The maximum absolute atomic E-state index is 12.1. The maximum atomic E-state index is 12.1. The molecule has 0 radical (unpaired) electrons. The first kappa shape index (κ1) is 20.9. The van der Waals surface area contributed by atoms with Gasteiger partial charge in [-0.15, -0.1) is 0 Å². The second-order valence-electron chi connectivity index (χ2n) is 7.18. The molecule has 2 aromatic carbocycles. The predicted octanol–water partition coefficient (Wildman–Crippen LogP) is 3.85. The number of nitrogen functional groups attached to an aromatic ring is 1. The minimum atomic E-state index is -0.605. The zero-order chi connectivity index (χ0) is 22.5. The Balaban J connectivity index is 1.30. The van der Waals surface area contributed by atoms with Gasteiger partial charge in [0.15, 0.2) is 0 Å². The van der Waals surface area contributed by atoms with Gasteiger partial charge < -0.3 is 15.8 Å². The van der Waals surface area contributed by atoms with E-state index in [2.05, 4.69) is 46.4 Å². The van der Waals surface area contributed by atoms with Crippen molar-refractivity contribution < 1.29 is 14.5 Å². The second kappa shape index (κ2) is 9.18. The van der Waals surface area contributed by atoms with E-state index < -0.39 is 11.0 Å². The quantitative estimate of drug-likeness (QED) is 0.276. The van der Waals surface area contributed by atoms with E-state index >= 15 is 0 Å². The number of aromatic nitrogens is 1. The summed E-state index contributed by atoms with van der Waals surface area (Å²) >= 11 is 0. The van der Waals surface area contributed by atoms with Crippen molar-refractivity contribution in [2.45, 2.75) is 12.3 Å². The minimum Gasteiger partial charge on any atom is -0.449 e. The van der Waals surface area contributed by atoms with Crippen LogP contribution in [0.25, 0.3) is 11.1 Å². The van der Waals surface area contributed by atoms with Gasteiger partial charge in [-0.25, -0.2) is 4.79 Å². The van der Waals surface area contributed by atoms with Crippen LogP contribution in [-0.4, -0.2) is 29.2 Å². The molecule has 1 heterocycles. The number of benzene rings is 2. The molecule has 0 spiro atoms. The first-order valence-electron chi connectivity index (χ1n) is 10.0. The third-order valence-corrected chi connectivity index (χ3v) is 5.25. The van der Waals surface area contributed by atoms with E-state index in [-0.39, 0.29) is 36.0 Å². The first-order valence-corrected chi connectivity index (χ1v) is 10.0. The number of nitrogens with zero attached hydrogens (tertiary/aromatic N) is 2. The number of rotatable bonds is 5. The number of nitrogens with two attached hydrogens (primary N) is 1. The van der Waals surface area contributed by atoms with Gasteiger partial charge in [-0.1, -0.05) is 60.4 Å². The average molecular weight is 428 g/mol. The average Bonchev–Trinajstić information content (AvgIpc) is 3.12. The van der Waals surface area contributed by atoms with E-state index in [1.54, 1.807) is 0 Å². The summed E-state index contributed by atoms with van der Waals surface area (Å²) in [5, 5.41) is 13.6. The number of anilines is 1. The number of hydrogen-bond donors (Lipinski definition) is 2. The fourth-order valence-electron chi connectivity index (χ4n) is 3.74. The summed E-state index contributed by atoms with van der Waals surface area (Å²) < 4.78 is 5.46. The fourth-order valence-corrected chi connectivity index (χ4v) is 3.74. The lowest BCUT2D eigenvalue weighted by molar-refractivity contribution is -0.384. The Morgan fingerprint density at radius 1 is 1.12 bits per heavy atom. The molecule has 3 N–H and O–H groups in total. The summed E-state index contributed by atoms with van der Waals surface area (Å²) in [6.07, 6.45) is 2.25. The summed E-state index contributed by atoms with van der Waals surface area (Å²) in [6.45, 7) is 0.507. The number of fused-ring (bicyclic) bond motifs is 3. The fraction of sp³-hybridized carbons (Fsp3) is 0.167. The van der Waals surface area contributed by atoms with Crippen LogP contribution >= 0.6 is 0 Å². The molecule has 4 rings (SSSR count). The van der Waals surface area contributed by atoms with Gasteiger partial charge in [0.1, 0.15) is 18.5 Å². The van der Waals surface area contributed by atoms with Crippen molar-refractivity contribution in [3.8, 4) is 23.0 Å². The summed E-state index contributed by atoms with van der Waals surface area (Å²) in [6, 6.07) is 16.3. The van der Waals surface area contributed by atoms with Crippen LogP contribution in [0.1, 0.15) is 29.0 Å². The van der Waals surface area contributed by atoms with Gasteiger partial charge >= 0.3 is 11.8 Å². The molecule has 1 aliphatic carbocycles. The third-order valence-electron chi connectivity index (χ3n) is 5.25. The molecule has 1 aliphatic rings. The Kier molecular flexibility index (Phi) is 5.99. The van der Waals surface area contributed by atoms with Gasteiger partial charge in [0.2, 0.25) is 0 Å². The van der Waals surface area contributed by atoms with Crippen molar-refractivity contribution in [3.05, 3.63) is 87.7 Å². The molecular weight excluding hydrogens is 408 g/mol. The number of alkyl carbamates (subject to hydrolysis) is 1. The molecular formula is C24H20N4O4. The Morgan fingerprint density at radius 3 is 2.44 bits per heavy atom. The largest absolute Gasteiger partial charge is 0.449 e. The zero-order valence-corrected chi connectivity index (χ0v) is 17.1. The molecule has 0 aliphatic heterocycles. The van der Waals surface area contributed by atoms with Crippen molar-refractivity contribution in [2.24, 2.45) is 0 Å². The topological polar surface area (TPSA) is 120 Å². The van der Waals surface area contributed by atoms with Crippen LogP contribution < -0.4 is 11.1 Å². The molecule has 32 heavy (non-hydrogen) atoms. The van der Waals surface area contributed by atoms with Gasteiger partial charge in [-0.3, -0.25) is 15.1 Å². The van der Waals surface area contributed by atoms with Crippen LogP contribution in [0.3, 0.4) is 0 Å². The third kappa shape index (κ3) is 4.23. The van der Waals surface area contributed by atoms with Crippen molar-refractivity contribution >= 4 is 17.5 Å². The molecule has 0 fully saturated rings. The van der Waals surface area contributed by atoms with E-state index in [0.717, 1.165) is 17.3 Å². The number of nitro groups is 1. The molecule has 0 saturated heterocycles. The monoisotopic (exact) mass is 428 g/mol. The molecule has 0 atom stereocenters. The molecule has 3 aromatic rings. The molecule has 0 unspecified atom stereocenters. The SMILES string of the molecule is Nc1c(C#CCCNC(=O)OCC2c3ccccc3-c3ccccc32)cncc1[N+](=O)[O-]. The van der Waals surface area contributed by atoms with Crippen LogP contribution in [0.4, 0.5) is 16.2 Å². The van der Waals surface area contributed by atoms with Crippen LogP contribution in [0.15, 0.2) is 60.9 Å². The lowest BCUT2D eigenvalue weighted by Gasteiger charge is -2.14. The summed E-state index contributed by atoms with van der Waals surface area (Å²) in [5.41, 5.74) is 10.3. The van der Waals surface area contributed by atoms with Crippen LogP contribution in [-0.2, 0) is 4.74 Å². The van der Waals surface area contributed by atoms with E-state index in [0.29, 0.717) is 6.42 Å². The minimum absolute atomic E-state index is 0.00251. The van der Waals surface area contributed by atoms with Gasteiger partial charge in [0, 0.05) is 25.1 Å². The first-order chi connectivity index (χ1) is 15.6. The Morgan fingerprint density at radius 2 is 1.78 bits per heavy atom. The highest BCUT2D eigenvalue weighted by atomic mass is 16.6. The van der Waals surface area contributed by atoms with Crippen molar-refractivity contribution in [1.29, 1.82) is 0 Å². The standard InChI is InChI=1S/C24H20N4O4/c25-23-16(13-26-14-22(23)28(30)31)7-5-6-12-27-24(29)32-15-21-19-10-3-1-8-17(19)18-9-2-4-11-20(18)21/h1-4,8-11,13-14,21H,6,12,15H2,(H2,25,26)(H,27,29). The molecule has 0 bridgehead atoms. The number of nitrogens with one attached hydrogen (secondary N) is 1. The number of carbonyl (C=O) groups excluding carboxylic acids is 1. The number of ether oxygens (including phenoxy) is 1. The molecule has 1 aromatic heterocycles. The van der Waals surface area contributed by atoms with Gasteiger partial charge in [0.25, 0.3) is 0 Å². The Bertz CT molecular complexity index is 1200. The summed E-state index contributed by atoms with van der Waals surface area (Å²) in [7, 11) is 0. The lowest BCUT2D eigenvalue weighted by atomic mass is 9.98. The normalized spacial score (nSPS) is 11.6. The predicted molar refractivity (Wildman–Crippen MR) is 120 cm³/mol. The number of amides is 1. The van der Waals surface area contributed by atoms with Crippen molar-refractivity contribution in [2.75, 3.05) is 18.9 Å². The van der Waals surface area contributed by atoms with Crippen LogP contribution in [0, 0.1) is 22.0 Å². The van der Waals surface area contributed by atoms with E-state index in [4.69, 9.17) is 10.5 Å². The highest BCUT2D eigenvalue weighted by molar-refractivity contribution is 5.79. The summed E-state index contributed by atoms with van der Waals surface area (Å²) in [5.74, 6) is 5.57. The molecule has 1 amide bonds. The Hall–Kier alpha value is -4.38. The lowest BCUT2D eigenvalue weighted by Crippen LogP contribution is -2.26. The van der Waals surface area contributed by atoms with Crippen LogP contribution in [0.2, 0.25) is 0 Å². The number of pyridine rings is 1. The van der Waals surface area contributed by atoms with E-state index in [1.807, 2.05) is 24.3 Å². The van der Waals surface area contributed by atoms with Crippen molar-refractivity contribution in [1.82, 2.24) is 10.3 Å². The van der Waals surface area contributed by atoms with Gasteiger partial charge in [-0.2, -0.15) is 0 Å². The second-order valence-corrected chi connectivity index (χ2v) is 7.18. The molecule has 160 valence electrons. The van der Waals surface area contributed by atoms with E-state index in [1.165, 1.54) is 17.3 Å². The molecule has 8 heteroatoms. The molecule has 8 nitrogen and oxygen atoms in total. The van der Waals surface area contributed by atoms with E-state index in [9.17, 15) is 14.9 Å². The van der Waals surface area contributed by atoms with Gasteiger partial charge in [-0.05, 0) is 22.3 Å². The summed E-state index contributed by atoms with van der Waals surface area (Å²) in [4.78, 5) is 26.2. The Labute approximate surface area is 184 Å². The maximum Gasteiger partial charge on any atom is 0.407 e.